The molecule has 1 N–H and O–H groups in total. The monoisotopic (exact) mass is 511 g/mol. The maximum absolute atomic E-state index is 13.1. The molecule has 1 amide bonds. The third-order valence-corrected chi connectivity index (χ3v) is 9.11. The highest BCUT2D eigenvalue weighted by molar-refractivity contribution is 7.89. The van der Waals surface area contributed by atoms with Crippen LogP contribution in [0.5, 0.6) is 0 Å². The number of nitrogens with one attached hydrogen (secondary N) is 1. The number of carbonyl (C=O) groups is 1. The van der Waals surface area contributed by atoms with Gasteiger partial charge >= 0.3 is 0 Å². The van der Waals surface area contributed by atoms with Crippen molar-refractivity contribution in [1.29, 1.82) is 0 Å². The fourth-order valence-corrected chi connectivity index (χ4v) is 6.96. The van der Waals surface area contributed by atoms with Crippen molar-refractivity contribution in [3.05, 3.63) is 77.3 Å². The number of aryl methyl sites for hydroxylation is 1. The minimum absolute atomic E-state index is 0.131. The largest absolute Gasteiger partial charge is 0.325 e. The van der Waals surface area contributed by atoms with E-state index < -0.39 is 16.1 Å². The highest BCUT2D eigenvalue weighted by Crippen LogP contribution is 2.32. The summed E-state index contributed by atoms with van der Waals surface area (Å²) in [6.45, 7) is 2.36. The molecule has 1 atom stereocenters. The Balaban J connectivity index is 1.32. The third kappa shape index (κ3) is 4.46. The summed E-state index contributed by atoms with van der Waals surface area (Å²) in [6.07, 6.45) is 1.10. The second-order valence-corrected chi connectivity index (χ2v) is 11.6. The minimum Gasteiger partial charge on any atom is -0.325 e. The van der Waals surface area contributed by atoms with Crippen molar-refractivity contribution in [2.75, 3.05) is 11.9 Å². The standard InChI is InChI=1S/C25H22ClN3O3S2/c1-16-4-13-21-23(15-16)33-25(28-21)17-5-9-19(10-6-17)27-24(30)22-3-2-14-29(22)34(31,32)20-11-7-18(26)8-12-20/h4-13,15,22H,2-3,14H2,1H3,(H,27,30). The van der Waals surface area contributed by atoms with Gasteiger partial charge in [0, 0.05) is 22.8 Å². The Morgan fingerprint density at radius 3 is 2.56 bits per heavy atom. The molecule has 1 fully saturated rings. The normalized spacial score (nSPS) is 16.7. The number of halogens is 1. The Morgan fingerprint density at radius 1 is 1.09 bits per heavy atom. The molecule has 1 unspecified atom stereocenters. The van der Waals surface area contributed by atoms with E-state index in [1.54, 1.807) is 11.3 Å². The van der Waals surface area contributed by atoms with Gasteiger partial charge in [-0.05, 0) is 86.0 Å². The van der Waals surface area contributed by atoms with Gasteiger partial charge in [-0.1, -0.05) is 17.7 Å². The van der Waals surface area contributed by atoms with E-state index in [1.807, 2.05) is 36.4 Å². The number of hydrogen-bond acceptors (Lipinski definition) is 5. The second-order valence-electron chi connectivity index (χ2n) is 8.28. The quantitative estimate of drug-likeness (QED) is 0.372. The SMILES string of the molecule is Cc1ccc2nc(-c3ccc(NC(=O)C4CCCN4S(=O)(=O)c4ccc(Cl)cc4)cc3)sc2c1. The molecule has 0 bridgehead atoms. The van der Waals surface area contributed by atoms with Gasteiger partial charge in [0.2, 0.25) is 15.9 Å². The number of nitrogens with zero attached hydrogens (tertiary/aromatic N) is 2. The van der Waals surface area contributed by atoms with Gasteiger partial charge in [0.15, 0.2) is 0 Å². The highest BCUT2D eigenvalue weighted by Gasteiger charge is 2.39. The van der Waals surface area contributed by atoms with Crippen LogP contribution in [0.2, 0.25) is 5.02 Å². The highest BCUT2D eigenvalue weighted by atomic mass is 35.5. The van der Waals surface area contributed by atoms with Crippen LogP contribution in [-0.2, 0) is 14.8 Å². The van der Waals surface area contributed by atoms with Crippen LogP contribution in [-0.4, -0.2) is 36.2 Å². The van der Waals surface area contributed by atoms with E-state index in [-0.39, 0.29) is 10.8 Å². The average molecular weight is 512 g/mol. The number of rotatable bonds is 5. The van der Waals surface area contributed by atoms with E-state index in [4.69, 9.17) is 16.6 Å². The molecule has 2 heterocycles. The van der Waals surface area contributed by atoms with E-state index in [2.05, 4.69) is 18.3 Å². The summed E-state index contributed by atoms with van der Waals surface area (Å²) in [7, 11) is -3.79. The summed E-state index contributed by atoms with van der Waals surface area (Å²) >= 11 is 7.52. The fraction of sp³-hybridized carbons (Fsp3) is 0.200. The van der Waals surface area contributed by atoms with Gasteiger partial charge in [0.1, 0.15) is 11.0 Å². The van der Waals surface area contributed by atoms with Gasteiger partial charge in [-0.15, -0.1) is 11.3 Å². The lowest BCUT2D eigenvalue weighted by atomic mass is 10.2. The molecule has 1 aliphatic heterocycles. The van der Waals surface area contributed by atoms with Gasteiger partial charge in [0.25, 0.3) is 0 Å². The number of hydrogen-bond donors (Lipinski definition) is 1. The van der Waals surface area contributed by atoms with E-state index >= 15 is 0 Å². The summed E-state index contributed by atoms with van der Waals surface area (Å²) < 4.78 is 28.6. The van der Waals surface area contributed by atoms with Crippen LogP contribution in [0.4, 0.5) is 5.69 Å². The van der Waals surface area contributed by atoms with Crippen molar-refractivity contribution in [1.82, 2.24) is 9.29 Å². The number of fused-ring (bicyclic) bond motifs is 1. The third-order valence-electron chi connectivity index (χ3n) is 5.87. The summed E-state index contributed by atoms with van der Waals surface area (Å²) in [6, 6.07) is 18.9. The number of thiazole rings is 1. The lowest BCUT2D eigenvalue weighted by Gasteiger charge is -2.23. The molecule has 9 heteroatoms. The molecule has 5 rings (SSSR count). The predicted octanol–water partition coefficient (Wildman–Crippen LogP) is 5.72. The van der Waals surface area contributed by atoms with Crippen LogP contribution in [0, 0.1) is 6.92 Å². The molecule has 4 aromatic rings. The van der Waals surface area contributed by atoms with Gasteiger partial charge < -0.3 is 5.32 Å². The Morgan fingerprint density at radius 2 is 1.82 bits per heavy atom. The summed E-state index contributed by atoms with van der Waals surface area (Å²) in [5, 5.41) is 4.25. The van der Waals surface area contributed by atoms with Crippen LogP contribution in [0.3, 0.4) is 0 Å². The number of anilines is 1. The summed E-state index contributed by atoms with van der Waals surface area (Å²) in [5.41, 5.74) is 3.73. The number of aromatic nitrogens is 1. The number of carbonyl (C=O) groups excluding carboxylic acids is 1. The smallest absolute Gasteiger partial charge is 0.243 e. The lowest BCUT2D eigenvalue weighted by molar-refractivity contribution is -0.119. The Labute approximate surface area is 207 Å². The topological polar surface area (TPSA) is 79.4 Å². The molecular formula is C25H22ClN3O3S2. The van der Waals surface area contributed by atoms with Crippen LogP contribution < -0.4 is 5.32 Å². The lowest BCUT2D eigenvalue weighted by Crippen LogP contribution is -2.43. The summed E-state index contributed by atoms with van der Waals surface area (Å²) in [5.74, 6) is -0.335. The van der Waals surface area contributed by atoms with Crippen LogP contribution in [0.15, 0.2) is 71.6 Å². The minimum atomic E-state index is -3.79. The Hall–Kier alpha value is -2.78. The molecule has 34 heavy (non-hydrogen) atoms. The van der Waals surface area contributed by atoms with Crippen LogP contribution in [0.25, 0.3) is 20.8 Å². The van der Waals surface area contributed by atoms with Crippen molar-refractivity contribution in [2.24, 2.45) is 0 Å². The van der Waals surface area contributed by atoms with E-state index in [1.165, 1.54) is 34.1 Å². The molecule has 1 aliphatic rings. The molecule has 1 saturated heterocycles. The van der Waals surface area contributed by atoms with Crippen molar-refractivity contribution < 1.29 is 13.2 Å². The Kier molecular flexibility index (Phi) is 6.16. The molecule has 0 radical (unpaired) electrons. The number of amides is 1. The van der Waals surface area contributed by atoms with Crippen molar-refractivity contribution >= 4 is 54.8 Å². The molecule has 3 aromatic carbocycles. The number of benzene rings is 3. The average Bonchev–Trinajstić information content (AvgIpc) is 3.47. The zero-order valence-corrected chi connectivity index (χ0v) is 20.8. The zero-order valence-electron chi connectivity index (χ0n) is 18.4. The fourth-order valence-electron chi connectivity index (χ4n) is 4.11. The maximum atomic E-state index is 13.1. The van der Waals surface area contributed by atoms with Crippen molar-refractivity contribution in [3.8, 4) is 10.6 Å². The molecule has 0 saturated carbocycles. The van der Waals surface area contributed by atoms with Gasteiger partial charge in [-0.25, -0.2) is 13.4 Å². The molecule has 0 spiro atoms. The first-order valence-corrected chi connectivity index (χ1v) is 13.5. The first-order valence-electron chi connectivity index (χ1n) is 10.9. The molecule has 6 nitrogen and oxygen atoms in total. The van der Waals surface area contributed by atoms with Crippen LogP contribution >= 0.6 is 22.9 Å². The van der Waals surface area contributed by atoms with Crippen molar-refractivity contribution in [3.63, 3.8) is 0 Å². The first-order chi connectivity index (χ1) is 16.3. The van der Waals surface area contributed by atoms with Gasteiger partial charge in [-0.2, -0.15) is 4.31 Å². The molecule has 174 valence electrons. The van der Waals surface area contributed by atoms with E-state index in [0.29, 0.717) is 30.1 Å². The van der Waals surface area contributed by atoms with E-state index in [0.717, 1.165) is 20.8 Å². The molecule has 1 aromatic heterocycles. The molecular weight excluding hydrogens is 490 g/mol. The van der Waals surface area contributed by atoms with Crippen molar-refractivity contribution in [2.45, 2.75) is 30.7 Å². The predicted molar refractivity (Wildman–Crippen MR) is 137 cm³/mol. The number of sulfonamides is 1. The van der Waals surface area contributed by atoms with Gasteiger partial charge in [0.05, 0.1) is 15.1 Å². The van der Waals surface area contributed by atoms with E-state index in [9.17, 15) is 13.2 Å². The maximum Gasteiger partial charge on any atom is 0.243 e. The molecule has 0 aliphatic carbocycles. The first kappa shape index (κ1) is 23.0. The second kappa shape index (κ2) is 9.11. The van der Waals surface area contributed by atoms with Crippen LogP contribution in [0.1, 0.15) is 18.4 Å². The Bertz CT molecular complexity index is 1470. The summed E-state index contributed by atoms with van der Waals surface area (Å²) in [4.78, 5) is 17.8. The zero-order chi connectivity index (χ0) is 23.9. The van der Waals surface area contributed by atoms with Gasteiger partial charge in [-0.3, -0.25) is 4.79 Å².